The number of carbonyl (C=O) groups excluding carboxylic acids is 1. The maximum Gasteiger partial charge on any atom is 0.332 e. The first kappa shape index (κ1) is 40.5. The van der Waals surface area contributed by atoms with E-state index in [0.717, 1.165) is 25.7 Å². The van der Waals surface area contributed by atoms with E-state index in [1.165, 1.54) is 135 Å². The second-order valence-corrected chi connectivity index (χ2v) is 13.8. The van der Waals surface area contributed by atoms with E-state index in [1.807, 2.05) is 6.08 Å². The molecule has 2 N–H and O–H groups in total. The minimum Gasteiger partial charge on any atom is -0.387 e. The summed E-state index contributed by atoms with van der Waals surface area (Å²) in [6, 6.07) is -0.502. The van der Waals surface area contributed by atoms with E-state index in [2.05, 4.69) is 25.2 Å². The molecule has 1 rings (SSSR count). The molecule has 1 fully saturated rings. The summed E-state index contributed by atoms with van der Waals surface area (Å²) in [6.07, 6.45) is 35.9. The number of amides is 1. The van der Waals surface area contributed by atoms with Crippen molar-refractivity contribution in [2.45, 2.75) is 193 Å². The lowest BCUT2D eigenvalue weighted by molar-refractivity contribution is -0.122. The number of aliphatic hydroxyl groups is 1. The molecule has 1 aliphatic heterocycles. The molecule has 0 aromatic heterocycles. The van der Waals surface area contributed by atoms with Gasteiger partial charge in [0.2, 0.25) is 5.91 Å². The third-order valence-corrected chi connectivity index (χ3v) is 9.56. The molecule has 0 unspecified atom stereocenters. The predicted molar refractivity (Wildman–Crippen MR) is 183 cm³/mol. The fraction of sp³-hybridized carbons (Fsp3) is 0.917. The van der Waals surface area contributed by atoms with Crippen LogP contribution in [0, 0.1) is 0 Å². The summed E-state index contributed by atoms with van der Waals surface area (Å²) in [5.41, 5.74) is 0. The van der Waals surface area contributed by atoms with E-state index in [0.29, 0.717) is 19.6 Å². The lowest BCUT2D eigenvalue weighted by atomic mass is 10.0. The highest BCUT2D eigenvalue weighted by molar-refractivity contribution is 7.41. The number of hydrogen-bond acceptors (Lipinski definition) is 5. The minimum atomic E-state index is -1.37. The fourth-order valence-electron chi connectivity index (χ4n) is 5.58. The molecule has 0 radical (unpaired) electrons. The van der Waals surface area contributed by atoms with Crippen molar-refractivity contribution >= 4 is 14.5 Å². The van der Waals surface area contributed by atoms with Gasteiger partial charge in [-0.25, -0.2) is 0 Å². The van der Waals surface area contributed by atoms with Gasteiger partial charge in [-0.3, -0.25) is 4.79 Å². The van der Waals surface area contributed by atoms with Gasteiger partial charge < -0.3 is 24.0 Å². The number of hydrogen-bond donors (Lipinski definition) is 2. The SMILES string of the molecule is CCCCCCCCCCCCC/C=C/[C@H](O)[C@H](COP1OCCO1)NC(=O)CCCCCCCCCCCCCCC. The molecular formula is C36H70NO5P. The number of carbonyl (C=O) groups is 1. The van der Waals surface area contributed by atoms with Gasteiger partial charge in [-0.15, -0.1) is 0 Å². The maximum atomic E-state index is 12.7. The molecule has 1 amide bonds. The highest BCUT2D eigenvalue weighted by Gasteiger charge is 2.25. The van der Waals surface area contributed by atoms with Crippen LogP contribution in [0.3, 0.4) is 0 Å². The molecule has 6 nitrogen and oxygen atoms in total. The van der Waals surface area contributed by atoms with Crippen LogP contribution in [0.25, 0.3) is 0 Å². The number of unbranched alkanes of at least 4 members (excludes halogenated alkanes) is 23. The number of allylic oxidation sites excluding steroid dienone is 1. The average molecular weight is 628 g/mol. The van der Waals surface area contributed by atoms with Crippen LogP contribution in [-0.4, -0.2) is 43.0 Å². The zero-order valence-electron chi connectivity index (χ0n) is 28.3. The monoisotopic (exact) mass is 627 g/mol. The normalized spacial score (nSPS) is 15.4. The third kappa shape index (κ3) is 26.4. The molecule has 0 bridgehead atoms. The molecule has 43 heavy (non-hydrogen) atoms. The zero-order valence-corrected chi connectivity index (χ0v) is 29.2. The molecule has 1 aliphatic rings. The summed E-state index contributed by atoms with van der Waals surface area (Å²) < 4.78 is 16.6. The van der Waals surface area contributed by atoms with Crippen LogP contribution in [0.2, 0.25) is 0 Å². The van der Waals surface area contributed by atoms with Gasteiger partial charge in [-0.2, -0.15) is 0 Å². The van der Waals surface area contributed by atoms with Crippen LogP contribution in [0.1, 0.15) is 181 Å². The summed E-state index contributed by atoms with van der Waals surface area (Å²) in [6.45, 7) is 5.78. The molecule has 0 aromatic carbocycles. The summed E-state index contributed by atoms with van der Waals surface area (Å²) in [7, 11) is -1.37. The third-order valence-electron chi connectivity index (χ3n) is 8.41. The maximum absolute atomic E-state index is 12.7. The van der Waals surface area contributed by atoms with Crippen LogP contribution in [0.4, 0.5) is 0 Å². The van der Waals surface area contributed by atoms with E-state index in [4.69, 9.17) is 13.6 Å². The smallest absolute Gasteiger partial charge is 0.332 e. The van der Waals surface area contributed by atoms with E-state index in [1.54, 1.807) is 0 Å². The molecular weight excluding hydrogens is 557 g/mol. The van der Waals surface area contributed by atoms with Crippen molar-refractivity contribution in [2.75, 3.05) is 19.8 Å². The molecule has 1 heterocycles. The summed E-state index contributed by atoms with van der Waals surface area (Å²) in [5, 5.41) is 13.9. The molecule has 7 heteroatoms. The molecule has 0 saturated carbocycles. The second-order valence-electron chi connectivity index (χ2n) is 12.6. The van der Waals surface area contributed by atoms with Crippen LogP contribution in [0.5, 0.6) is 0 Å². The Hall–Kier alpha value is -0.520. The Balaban J connectivity index is 2.16. The van der Waals surface area contributed by atoms with Crippen LogP contribution in [-0.2, 0) is 18.4 Å². The Bertz CT molecular complexity index is 629. The Labute approximate surface area is 267 Å². The van der Waals surface area contributed by atoms with Gasteiger partial charge in [0.15, 0.2) is 0 Å². The van der Waals surface area contributed by atoms with Crippen molar-refractivity contribution in [2.24, 2.45) is 0 Å². The van der Waals surface area contributed by atoms with Crippen molar-refractivity contribution < 1.29 is 23.5 Å². The molecule has 0 aromatic rings. The Morgan fingerprint density at radius 3 is 1.58 bits per heavy atom. The zero-order chi connectivity index (χ0) is 31.1. The van der Waals surface area contributed by atoms with Crippen molar-refractivity contribution in [1.29, 1.82) is 0 Å². The van der Waals surface area contributed by atoms with Gasteiger partial charge in [0.1, 0.15) is 0 Å². The van der Waals surface area contributed by atoms with Gasteiger partial charge in [-0.1, -0.05) is 167 Å². The number of aliphatic hydroxyl groups excluding tert-OH is 1. The van der Waals surface area contributed by atoms with Crippen molar-refractivity contribution in [3.05, 3.63) is 12.2 Å². The van der Waals surface area contributed by atoms with E-state index in [9.17, 15) is 9.90 Å². The van der Waals surface area contributed by atoms with Gasteiger partial charge in [0, 0.05) is 6.42 Å². The Kier molecular flexibility index (Phi) is 29.6. The topological polar surface area (TPSA) is 77.0 Å². The molecule has 1 saturated heterocycles. The fourth-order valence-corrected chi connectivity index (χ4v) is 6.53. The summed E-state index contributed by atoms with van der Waals surface area (Å²) >= 11 is 0. The Morgan fingerprint density at radius 2 is 1.12 bits per heavy atom. The molecule has 0 aliphatic carbocycles. The van der Waals surface area contributed by atoms with Gasteiger partial charge >= 0.3 is 8.60 Å². The van der Waals surface area contributed by atoms with Crippen molar-refractivity contribution in [3.63, 3.8) is 0 Å². The summed E-state index contributed by atoms with van der Waals surface area (Å²) in [5.74, 6) is -0.0180. The lowest BCUT2D eigenvalue weighted by Gasteiger charge is -2.23. The summed E-state index contributed by atoms with van der Waals surface area (Å²) in [4.78, 5) is 12.7. The van der Waals surface area contributed by atoms with Crippen LogP contribution < -0.4 is 5.32 Å². The van der Waals surface area contributed by atoms with Crippen LogP contribution >= 0.6 is 8.60 Å². The van der Waals surface area contributed by atoms with Crippen molar-refractivity contribution in [1.82, 2.24) is 5.32 Å². The minimum absolute atomic E-state index is 0.0180. The Morgan fingerprint density at radius 1 is 0.698 bits per heavy atom. The standard InChI is InChI=1S/C36H70NO5P/c1-3-5-7-9-11-13-15-17-19-21-23-25-27-29-35(38)34(33-42-43-40-31-32-41-43)37-36(39)30-28-26-24-22-20-18-16-14-12-10-8-6-4-2/h27,29,34-35,38H,3-26,28,30-33H2,1-2H3,(H,37,39)/b29-27+/t34-,35-/m0/s1. The highest BCUT2D eigenvalue weighted by atomic mass is 31.2. The van der Waals surface area contributed by atoms with Crippen LogP contribution in [0.15, 0.2) is 12.2 Å². The quantitative estimate of drug-likeness (QED) is 0.0441. The van der Waals surface area contributed by atoms with E-state index >= 15 is 0 Å². The van der Waals surface area contributed by atoms with E-state index < -0.39 is 20.7 Å². The highest BCUT2D eigenvalue weighted by Crippen LogP contribution is 2.43. The first-order valence-corrected chi connectivity index (χ1v) is 19.6. The molecule has 0 spiro atoms. The molecule has 2 atom stereocenters. The number of nitrogens with one attached hydrogen (secondary N) is 1. The number of rotatable bonds is 32. The van der Waals surface area contributed by atoms with Gasteiger partial charge in [-0.05, 0) is 19.3 Å². The average Bonchev–Trinajstić information content (AvgIpc) is 3.53. The lowest BCUT2D eigenvalue weighted by Crippen LogP contribution is -2.45. The predicted octanol–water partition coefficient (Wildman–Crippen LogP) is 10.9. The second kappa shape index (κ2) is 31.5. The first-order valence-electron chi connectivity index (χ1n) is 18.5. The largest absolute Gasteiger partial charge is 0.387 e. The van der Waals surface area contributed by atoms with E-state index in [-0.39, 0.29) is 12.5 Å². The van der Waals surface area contributed by atoms with Gasteiger partial charge in [0.05, 0.1) is 32.0 Å². The van der Waals surface area contributed by atoms with Crippen molar-refractivity contribution in [3.8, 4) is 0 Å². The first-order chi connectivity index (χ1) is 21.2. The molecule has 254 valence electrons. The van der Waals surface area contributed by atoms with Gasteiger partial charge in [0.25, 0.3) is 0 Å².